The van der Waals surface area contributed by atoms with Crippen molar-refractivity contribution in [2.45, 2.75) is 52.7 Å². The van der Waals surface area contributed by atoms with Crippen molar-refractivity contribution in [3.63, 3.8) is 0 Å². The molecule has 0 saturated carbocycles. The zero-order chi connectivity index (χ0) is 51.2. The quantitative estimate of drug-likeness (QED) is 0.0607. The molecule has 0 radical (unpaired) electrons. The van der Waals surface area contributed by atoms with Gasteiger partial charge in [0, 0.05) is 25.9 Å². The minimum absolute atomic E-state index is 0.00752. The first kappa shape index (κ1) is 49.6. The monoisotopic (exact) mass is 1110 g/mol. The summed E-state index contributed by atoms with van der Waals surface area (Å²) >= 11 is 2.05. The van der Waals surface area contributed by atoms with Crippen LogP contribution in [0.15, 0.2) is 140 Å². The predicted octanol–water partition coefficient (Wildman–Crippen LogP) is 14.1. The van der Waals surface area contributed by atoms with E-state index in [4.69, 9.17) is 9.05 Å². The lowest BCUT2D eigenvalue weighted by molar-refractivity contribution is 0.0548. The van der Waals surface area contributed by atoms with Crippen LogP contribution in [0.25, 0.3) is 22.3 Å². The minimum atomic E-state index is -4.10. The van der Waals surface area contributed by atoms with Crippen molar-refractivity contribution in [1.82, 2.24) is 0 Å². The molecule has 19 heteroatoms. The number of hydrogen-bond acceptors (Lipinski definition) is 7. The molecule has 5 aliphatic rings. The van der Waals surface area contributed by atoms with Crippen LogP contribution < -0.4 is 5.30 Å². The topological polar surface area (TPSA) is 85.0 Å². The summed E-state index contributed by atoms with van der Waals surface area (Å²) in [6.07, 6.45) is 10.4. The van der Waals surface area contributed by atoms with Crippen molar-refractivity contribution < 1.29 is 57.5 Å². The van der Waals surface area contributed by atoms with Gasteiger partial charge in [-0.2, -0.15) is 0 Å². The first-order valence-electron chi connectivity index (χ1n) is 21.3. The first-order valence-corrected chi connectivity index (χ1v) is 24.0. The molecule has 0 aromatic heterocycles. The fourth-order valence-corrected chi connectivity index (χ4v) is 10.7. The van der Waals surface area contributed by atoms with Crippen molar-refractivity contribution in [1.29, 1.82) is 0 Å². The molecule has 7 nitrogen and oxygen atoms in total. The van der Waals surface area contributed by atoms with E-state index in [1.54, 1.807) is 65.8 Å². The number of nitrogens with zero attached hydrogens (tertiary/aromatic N) is 4. The molecule has 9 rings (SSSR count). The van der Waals surface area contributed by atoms with Crippen molar-refractivity contribution in [3.8, 4) is 0 Å². The van der Waals surface area contributed by atoms with Gasteiger partial charge in [-0.3, -0.25) is 13.6 Å². The van der Waals surface area contributed by atoms with E-state index < -0.39 is 99.2 Å². The van der Waals surface area contributed by atoms with Gasteiger partial charge in [0.25, 0.3) is 0 Å². The lowest BCUT2D eigenvalue weighted by atomic mass is 9.97. The summed E-state index contributed by atoms with van der Waals surface area (Å²) in [5.74, 6) is -22.5. The number of hydrogen-bond donors (Lipinski definition) is 0. The van der Waals surface area contributed by atoms with Crippen LogP contribution in [0.4, 0.5) is 43.9 Å². The standard InChI is InChI=1S/C52H34F10IN4O3P/c1-51(2,3)69-71(68,70-52(4,5)6)26-13-9-24(10-14-26)36-29-17-21-33(66-29)37(39-41(53)45(57)49(61)46(58)42(39)54)31-19-15-27(64-31)35(23-7-11-25(63)12-8-23)28-16-20-32(65-28)38(34-22-18-30(36)67-34)40-43(55)47(59)50(62)48(60)44(40)56/h7-22H,1-6H3. The number of halogens is 11. The predicted molar refractivity (Wildman–Crippen MR) is 261 cm³/mol. The molecule has 4 aromatic carbocycles. The lowest BCUT2D eigenvalue weighted by Crippen LogP contribution is -2.28. The molecule has 0 saturated heterocycles. The molecule has 0 fully saturated rings. The summed E-state index contributed by atoms with van der Waals surface area (Å²) in [6.45, 7) is 10.1. The molecular formula is C52H34F10IN4O3P. The number of allylic oxidation sites excluding steroid dienone is 12. The van der Waals surface area contributed by atoms with Gasteiger partial charge >= 0.3 is 7.60 Å². The highest BCUT2D eigenvalue weighted by atomic mass is 127. The van der Waals surface area contributed by atoms with Crippen LogP contribution in [0.5, 0.6) is 0 Å². The van der Waals surface area contributed by atoms with E-state index in [0.717, 1.165) is 3.57 Å². The Kier molecular flexibility index (Phi) is 12.6. The van der Waals surface area contributed by atoms with E-state index >= 15 is 35.1 Å². The van der Waals surface area contributed by atoms with Crippen molar-refractivity contribution in [2.24, 2.45) is 20.0 Å². The molecule has 71 heavy (non-hydrogen) atoms. The van der Waals surface area contributed by atoms with E-state index in [9.17, 15) is 13.3 Å². The van der Waals surface area contributed by atoms with Gasteiger partial charge in [0.05, 0.1) is 73.3 Å². The number of benzene rings is 4. The minimum Gasteiger partial charge on any atom is -0.299 e. The third-order valence-electron chi connectivity index (χ3n) is 10.9. The Morgan fingerprint density at radius 2 is 0.662 bits per heavy atom. The van der Waals surface area contributed by atoms with E-state index in [0.29, 0.717) is 5.56 Å². The SMILES string of the molecule is CC(C)(C)OP(=O)(OC(C)(C)C)c1ccc(C2=C3C=CC(=N3)C(c3c(F)c(F)c(F)c(F)c3F)=C3C=CC(=N3)C(c3ccc(I)cc3)=C3C=CC(=N3)C(c3c(F)c(F)c(F)c(F)c3F)=C3C=CC2=N3)cc1. The molecule has 0 aliphatic carbocycles. The zero-order valence-corrected chi connectivity index (χ0v) is 40.9. The van der Waals surface area contributed by atoms with E-state index in [1.165, 1.54) is 72.9 Å². The van der Waals surface area contributed by atoms with Gasteiger partial charge in [-0.15, -0.1) is 0 Å². The Morgan fingerprint density at radius 1 is 0.394 bits per heavy atom. The molecule has 0 atom stereocenters. The Hall–Kier alpha value is -6.34. The second-order valence-corrected chi connectivity index (χ2v) is 21.3. The number of rotatable bonds is 7. The van der Waals surface area contributed by atoms with Crippen molar-refractivity contribution in [3.05, 3.63) is 204 Å². The van der Waals surface area contributed by atoms with Gasteiger partial charge < -0.3 is 0 Å². The van der Waals surface area contributed by atoms with Crippen LogP contribution in [0.2, 0.25) is 0 Å². The molecule has 8 bridgehead atoms. The van der Waals surface area contributed by atoms with Crippen LogP contribution in [0.3, 0.4) is 0 Å². The highest BCUT2D eigenvalue weighted by Gasteiger charge is 2.39. The van der Waals surface area contributed by atoms with Gasteiger partial charge in [-0.1, -0.05) is 24.3 Å². The summed E-state index contributed by atoms with van der Waals surface area (Å²) in [4.78, 5) is 18.7. The Bertz CT molecular complexity index is 3370. The van der Waals surface area contributed by atoms with E-state index in [1.807, 2.05) is 22.6 Å². The maximum atomic E-state index is 16.1. The molecule has 5 heterocycles. The molecular weight excluding hydrogens is 1080 g/mol. The summed E-state index contributed by atoms with van der Waals surface area (Å²) in [5.41, 5.74) is -6.52. The average molecular weight is 1110 g/mol. The summed E-state index contributed by atoms with van der Waals surface area (Å²) in [5, 5.41) is 0.105. The van der Waals surface area contributed by atoms with Crippen LogP contribution >= 0.6 is 30.2 Å². The zero-order valence-electron chi connectivity index (χ0n) is 37.9. The average Bonchev–Trinajstić information content (AvgIpc) is 4.16. The summed E-state index contributed by atoms with van der Waals surface area (Å²) in [7, 11) is -4.10. The van der Waals surface area contributed by atoms with Crippen LogP contribution in [0, 0.1) is 61.7 Å². The molecule has 0 spiro atoms. The third-order valence-corrected chi connectivity index (χ3v) is 14.1. The number of fused-ring (bicyclic) bond motifs is 4. The number of aliphatic imine (C=N–C) groups is 4. The normalized spacial score (nSPS) is 16.9. The highest BCUT2D eigenvalue weighted by Crippen LogP contribution is 2.53. The second-order valence-electron chi connectivity index (χ2n) is 18.2. The Balaban J connectivity index is 1.38. The molecule has 4 aromatic rings. The Labute approximate surface area is 412 Å². The van der Waals surface area contributed by atoms with Gasteiger partial charge in [0.1, 0.15) is 0 Å². The highest BCUT2D eigenvalue weighted by molar-refractivity contribution is 14.1. The second kappa shape index (κ2) is 18.1. The van der Waals surface area contributed by atoms with Crippen LogP contribution in [0.1, 0.15) is 63.8 Å². The maximum Gasteiger partial charge on any atom is 0.362 e. The van der Waals surface area contributed by atoms with E-state index in [-0.39, 0.29) is 67.6 Å². The largest absolute Gasteiger partial charge is 0.362 e. The molecule has 362 valence electrons. The first-order chi connectivity index (χ1) is 33.4. The summed E-state index contributed by atoms with van der Waals surface area (Å²) in [6, 6.07) is 12.5. The van der Waals surface area contributed by atoms with Crippen molar-refractivity contribution in [2.75, 3.05) is 0 Å². The fraction of sp³-hybridized carbons (Fsp3) is 0.154. The van der Waals surface area contributed by atoms with Crippen LogP contribution in [-0.2, 0) is 13.6 Å². The smallest absolute Gasteiger partial charge is 0.299 e. The third kappa shape index (κ3) is 9.04. The van der Waals surface area contributed by atoms with Gasteiger partial charge in [-0.25, -0.2) is 63.9 Å². The lowest BCUT2D eigenvalue weighted by Gasteiger charge is -2.32. The molecule has 5 aliphatic heterocycles. The Morgan fingerprint density at radius 3 is 0.972 bits per heavy atom. The fourth-order valence-electron chi connectivity index (χ4n) is 8.11. The van der Waals surface area contributed by atoms with Gasteiger partial charge in [0.2, 0.25) is 11.6 Å². The molecule has 0 unspecified atom stereocenters. The maximum absolute atomic E-state index is 16.1. The van der Waals surface area contributed by atoms with Gasteiger partial charge in [0.15, 0.2) is 46.5 Å². The van der Waals surface area contributed by atoms with Crippen molar-refractivity contribution >= 4 is 80.6 Å². The van der Waals surface area contributed by atoms with Crippen LogP contribution in [-0.4, -0.2) is 34.0 Å². The summed E-state index contributed by atoms with van der Waals surface area (Å²) < 4.78 is 181. The molecule has 0 N–H and O–H groups in total. The van der Waals surface area contributed by atoms with Gasteiger partial charge in [-0.05, 0) is 148 Å². The van der Waals surface area contributed by atoms with E-state index in [2.05, 4.69) is 20.0 Å². The molecule has 0 amide bonds.